The number of hydrogen-bond acceptors (Lipinski definition) is 11. The summed E-state index contributed by atoms with van der Waals surface area (Å²) in [7, 11) is 0. The van der Waals surface area contributed by atoms with E-state index < -0.39 is 91.2 Å². The number of aliphatic carboxylic acids is 3. The molecule has 0 radical (unpaired) electrons. The van der Waals surface area contributed by atoms with Crippen molar-refractivity contribution < 1.29 is 54.0 Å². The normalized spacial score (nSPS) is 14.4. The zero-order chi connectivity index (χ0) is 32.2. The van der Waals surface area contributed by atoms with Crippen LogP contribution < -0.4 is 38.5 Å². The van der Waals surface area contributed by atoms with E-state index in [2.05, 4.69) is 16.0 Å². The van der Waals surface area contributed by atoms with Crippen molar-refractivity contribution >= 4 is 41.5 Å². The molecule has 18 heteroatoms. The third kappa shape index (κ3) is 15.8. The first kappa shape index (κ1) is 38.1. The van der Waals surface area contributed by atoms with Crippen LogP contribution in [0.2, 0.25) is 0 Å². The lowest BCUT2D eigenvalue weighted by molar-refractivity contribution is -0.147. The topological polar surface area (TPSA) is 327 Å². The molecule has 0 aliphatic carbocycles. The molecule has 0 aliphatic heterocycles. The van der Waals surface area contributed by atoms with Gasteiger partial charge in [0.25, 0.3) is 0 Å². The number of carboxylic acid groups (broad SMARTS) is 3. The number of rotatable bonds is 23. The lowest BCUT2D eigenvalue weighted by Gasteiger charge is -2.26. The molecular weight excluding hydrogens is 562 g/mol. The third-order valence-corrected chi connectivity index (χ3v) is 5.97. The molecule has 240 valence electrons. The summed E-state index contributed by atoms with van der Waals surface area (Å²) in [6.07, 6.45) is 0.379. The molecule has 14 N–H and O–H groups in total. The minimum absolute atomic E-state index is 0.0104. The van der Waals surface area contributed by atoms with Crippen LogP contribution in [-0.2, 0) is 33.6 Å². The Bertz CT molecular complexity index is 934. The van der Waals surface area contributed by atoms with Gasteiger partial charge in [0.05, 0.1) is 19.1 Å². The molecule has 18 nitrogen and oxygen atoms in total. The van der Waals surface area contributed by atoms with E-state index in [4.69, 9.17) is 32.5 Å². The fourth-order valence-electron chi connectivity index (χ4n) is 3.60. The zero-order valence-corrected chi connectivity index (χ0v) is 23.3. The van der Waals surface area contributed by atoms with Gasteiger partial charge >= 0.3 is 17.9 Å². The summed E-state index contributed by atoms with van der Waals surface area (Å²) in [6.45, 7) is -0.351. The van der Waals surface area contributed by atoms with Gasteiger partial charge in [0, 0.05) is 6.42 Å². The van der Waals surface area contributed by atoms with E-state index in [-0.39, 0.29) is 25.8 Å². The fraction of sp³-hybridized carbons (Fsp3) is 0.708. The van der Waals surface area contributed by atoms with Gasteiger partial charge in [-0.15, -0.1) is 0 Å². The smallest absolute Gasteiger partial charge is 0.326 e. The van der Waals surface area contributed by atoms with Crippen LogP contribution in [0.1, 0.15) is 57.8 Å². The Balaban J connectivity index is 5.71. The van der Waals surface area contributed by atoms with E-state index >= 15 is 0 Å². The van der Waals surface area contributed by atoms with E-state index in [0.29, 0.717) is 32.2 Å². The van der Waals surface area contributed by atoms with Gasteiger partial charge in [-0.25, -0.2) is 4.79 Å². The van der Waals surface area contributed by atoms with Gasteiger partial charge in [-0.2, -0.15) is 0 Å². The van der Waals surface area contributed by atoms with Crippen LogP contribution in [-0.4, -0.2) is 112 Å². The van der Waals surface area contributed by atoms with Crippen LogP contribution in [0.4, 0.5) is 0 Å². The molecule has 0 rings (SSSR count). The number of amides is 4. The predicted octanol–water partition coefficient (Wildman–Crippen LogP) is -4.07. The van der Waals surface area contributed by atoms with E-state index in [0.717, 1.165) is 0 Å². The van der Waals surface area contributed by atoms with E-state index in [1.165, 1.54) is 0 Å². The summed E-state index contributed by atoms with van der Waals surface area (Å²) < 4.78 is 0. The van der Waals surface area contributed by atoms with Crippen molar-refractivity contribution in [2.24, 2.45) is 17.2 Å². The quantitative estimate of drug-likeness (QED) is 0.0494. The second kappa shape index (κ2) is 20.9. The molecule has 0 aromatic heterocycles. The number of nitrogens with two attached hydrogens (primary N) is 3. The molecule has 0 aromatic rings. The number of hydrogen-bond donors (Lipinski definition) is 11. The van der Waals surface area contributed by atoms with Crippen molar-refractivity contribution in [3.05, 3.63) is 0 Å². The van der Waals surface area contributed by atoms with Crippen LogP contribution in [0.25, 0.3) is 0 Å². The monoisotopic (exact) mass is 605 g/mol. The van der Waals surface area contributed by atoms with Gasteiger partial charge < -0.3 is 58.9 Å². The Hall–Kier alpha value is -3.87. The van der Waals surface area contributed by atoms with E-state index in [1.807, 2.05) is 5.32 Å². The lowest BCUT2D eigenvalue weighted by atomic mass is 10.0. The number of carbonyl (C=O) groups is 7. The van der Waals surface area contributed by atoms with Crippen LogP contribution in [0, 0.1) is 0 Å². The standard InChI is InChI=1S/C24H43N7O11/c25-9-3-1-5-13(27)20(37)28-15(7-8-18(33)34)22(39)29-14(6-2-4-10-26)21(38)31-17(12-32)23(40)30-16(24(41)42)11-19(35)36/h13-17,32H,1-12,25-27H2,(H,28,37)(H,29,39)(H,30,40)(H,31,38)(H,33,34)(H,35,36)(H,41,42)/t13-,14-,15-,16-,17-/m0/s1. The largest absolute Gasteiger partial charge is 0.481 e. The number of aliphatic hydroxyl groups excluding tert-OH is 1. The molecule has 0 spiro atoms. The van der Waals surface area contributed by atoms with Gasteiger partial charge in [-0.1, -0.05) is 6.42 Å². The molecule has 0 saturated heterocycles. The molecule has 42 heavy (non-hydrogen) atoms. The highest BCUT2D eigenvalue weighted by atomic mass is 16.4. The van der Waals surface area contributed by atoms with Gasteiger partial charge in [-0.05, 0) is 51.6 Å². The molecule has 0 bridgehead atoms. The SMILES string of the molecule is NCCCC[C@H](NC(=O)[C@H](CCC(=O)O)NC(=O)[C@@H](N)CCCCN)C(=O)N[C@@H](CO)C(=O)N[C@@H](CC(=O)O)C(=O)O. The van der Waals surface area contributed by atoms with Gasteiger partial charge in [0.1, 0.15) is 24.2 Å². The average Bonchev–Trinajstić information content (AvgIpc) is 2.92. The molecule has 0 fully saturated rings. The molecule has 0 aliphatic rings. The van der Waals surface area contributed by atoms with Crippen molar-refractivity contribution in [2.45, 2.75) is 88.0 Å². The minimum atomic E-state index is -1.85. The van der Waals surface area contributed by atoms with Gasteiger partial charge in [0.15, 0.2) is 0 Å². The summed E-state index contributed by atoms with van der Waals surface area (Å²) in [6, 6.07) is -7.29. The maximum atomic E-state index is 13.1. The number of carbonyl (C=O) groups excluding carboxylic acids is 4. The van der Waals surface area contributed by atoms with E-state index in [9.17, 15) is 38.7 Å². The predicted molar refractivity (Wildman–Crippen MR) is 145 cm³/mol. The molecule has 0 unspecified atom stereocenters. The van der Waals surface area contributed by atoms with Crippen LogP contribution in [0.5, 0.6) is 0 Å². The highest BCUT2D eigenvalue weighted by Gasteiger charge is 2.32. The molecule has 4 amide bonds. The third-order valence-electron chi connectivity index (χ3n) is 5.97. The molecule has 5 atom stereocenters. The minimum Gasteiger partial charge on any atom is -0.481 e. The summed E-state index contributed by atoms with van der Waals surface area (Å²) in [5.74, 6) is -8.21. The molecule has 0 heterocycles. The fourth-order valence-corrected chi connectivity index (χ4v) is 3.60. The number of carboxylic acids is 3. The maximum absolute atomic E-state index is 13.1. The summed E-state index contributed by atoms with van der Waals surface area (Å²) in [5, 5.41) is 45.6. The zero-order valence-electron chi connectivity index (χ0n) is 23.3. The lowest BCUT2D eigenvalue weighted by Crippen LogP contribution is -2.59. The second-order valence-corrected chi connectivity index (χ2v) is 9.47. The van der Waals surface area contributed by atoms with Crippen molar-refractivity contribution in [3.8, 4) is 0 Å². The maximum Gasteiger partial charge on any atom is 0.326 e. The number of aliphatic hydroxyl groups is 1. The summed E-state index contributed by atoms with van der Waals surface area (Å²) in [5.41, 5.74) is 16.8. The average molecular weight is 606 g/mol. The first-order chi connectivity index (χ1) is 19.8. The van der Waals surface area contributed by atoms with Crippen LogP contribution in [0.3, 0.4) is 0 Å². The number of unbranched alkanes of at least 4 members (excludes halogenated alkanes) is 2. The Morgan fingerprint density at radius 2 is 1.02 bits per heavy atom. The second-order valence-electron chi connectivity index (χ2n) is 9.47. The van der Waals surface area contributed by atoms with Gasteiger partial charge in [0.2, 0.25) is 23.6 Å². The highest BCUT2D eigenvalue weighted by Crippen LogP contribution is 2.07. The van der Waals surface area contributed by atoms with Crippen LogP contribution in [0.15, 0.2) is 0 Å². The molecule has 0 aromatic carbocycles. The highest BCUT2D eigenvalue weighted by molar-refractivity contribution is 5.96. The van der Waals surface area contributed by atoms with Crippen molar-refractivity contribution in [1.82, 2.24) is 21.3 Å². The van der Waals surface area contributed by atoms with E-state index in [1.54, 1.807) is 0 Å². The van der Waals surface area contributed by atoms with Crippen molar-refractivity contribution in [1.29, 1.82) is 0 Å². The Morgan fingerprint density at radius 3 is 1.50 bits per heavy atom. The Labute approximate surface area is 242 Å². The summed E-state index contributed by atoms with van der Waals surface area (Å²) >= 11 is 0. The Morgan fingerprint density at radius 1 is 0.571 bits per heavy atom. The first-order valence-electron chi connectivity index (χ1n) is 13.4. The Kier molecular flexibility index (Phi) is 19.0. The van der Waals surface area contributed by atoms with Crippen molar-refractivity contribution in [2.75, 3.05) is 19.7 Å². The first-order valence-corrected chi connectivity index (χ1v) is 13.4. The van der Waals surface area contributed by atoms with Gasteiger partial charge in [-0.3, -0.25) is 28.8 Å². The van der Waals surface area contributed by atoms with Crippen molar-refractivity contribution in [3.63, 3.8) is 0 Å². The molecular formula is C24H43N7O11. The number of nitrogens with one attached hydrogen (secondary N) is 4. The molecule has 0 saturated carbocycles. The summed E-state index contributed by atoms with van der Waals surface area (Å²) in [4.78, 5) is 84.4. The van der Waals surface area contributed by atoms with Crippen LogP contribution >= 0.6 is 0 Å².